The van der Waals surface area contributed by atoms with Crippen LogP contribution in [0.4, 0.5) is 11.5 Å². The Hall–Kier alpha value is -3.54. The van der Waals surface area contributed by atoms with Crippen LogP contribution >= 0.6 is 0 Å². The largest absolute Gasteiger partial charge is 0.422 e. The Morgan fingerprint density at radius 2 is 1.83 bits per heavy atom. The van der Waals surface area contributed by atoms with Crippen LogP contribution in [-0.4, -0.2) is 15.4 Å². The van der Waals surface area contributed by atoms with Crippen molar-refractivity contribution in [3.63, 3.8) is 0 Å². The average Bonchev–Trinajstić information content (AvgIpc) is 2.63. The van der Waals surface area contributed by atoms with E-state index in [1.807, 2.05) is 48.5 Å². The first-order valence-corrected chi connectivity index (χ1v) is 7.34. The summed E-state index contributed by atoms with van der Waals surface area (Å²) in [7, 11) is 0. The van der Waals surface area contributed by atoms with Crippen molar-refractivity contribution in [3.05, 3.63) is 77.3 Å². The van der Waals surface area contributed by atoms with Crippen LogP contribution < -0.4 is 10.9 Å². The van der Waals surface area contributed by atoms with E-state index in [2.05, 4.69) is 20.7 Å². The maximum Gasteiger partial charge on any atom is 0.344 e. The number of hydrogen-bond acceptors (Lipinski definition) is 6. The molecule has 0 saturated heterocycles. The van der Waals surface area contributed by atoms with Gasteiger partial charge in [0.25, 0.3) is 0 Å². The fourth-order valence-corrected chi connectivity index (χ4v) is 2.46. The Labute approximate surface area is 136 Å². The summed E-state index contributed by atoms with van der Waals surface area (Å²) in [6.45, 7) is 0. The highest BCUT2D eigenvalue weighted by Crippen LogP contribution is 2.24. The van der Waals surface area contributed by atoms with E-state index < -0.39 is 0 Å². The van der Waals surface area contributed by atoms with Crippen LogP contribution in [0.3, 0.4) is 0 Å². The summed E-state index contributed by atoms with van der Waals surface area (Å²) < 4.78 is 5.48. The second-order valence-electron chi connectivity index (χ2n) is 5.20. The van der Waals surface area contributed by atoms with Crippen LogP contribution in [0.5, 0.6) is 0 Å². The maximum absolute atomic E-state index is 12.3. The summed E-state index contributed by atoms with van der Waals surface area (Å²) in [6.07, 6.45) is 1.54. The molecule has 0 fully saturated rings. The van der Waals surface area contributed by atoms with Gasteiger partial charge in [0.05, 0.1) is 11.8 Å². The van der Waals surface area contributed by atoms with Gasteiger partial charge in [0.2, 0.25) is 0 Å². The first-order valence-electron chi connectivity index (χ1n) is 7.34. The van der Waals surface area contributed by atoms with E-state index in [0.717, 1.165) is 16.6 Å². The van der Waals surface area contributed by atoms with Crippen molar-refractivity contribution in [3.8, 4) is 11.1 Å². The smallest absolute Gasteiger partial charge is 0.344 e. The van der Waals surface area contributed by atoms with E-state index in [1.165, 1.54) is 0 Å². The quantitative estimate of drug-likeness (QED) is 0.584. The van der Waals surface area contributed by atoms with E-state index in [4.69, 9.17) is 4.42 Å². The second kappa shape index (κ2) is 5.92. The summed E-state index contributed by atoms with van der Waals surface area (Å²) in [5.74, 6) is 0.563. The van der Waals surface area contributed by atoms with Gasteiger partial charge < -0.3 is 9.73 Å². The van der Waals surface area contributed by atoms with Gasteiger partial charge in [0.15, 0.2) is 5.82 Å². The van der Waals surface area contributed by atoms with Gasteiger partial charge in [-0.05, 0) is 29.0 Å². The summed E-state index contributed by atoms with van der Waals surface area (Å²) >= 11 is 0. The third-order valence-corrected chi connectivity index (χ3v) is 3.60. The second-order valence-corrected chi connectivity index (χ2v) is 5.20. The highest BCUT2D eigenvalue weighted by Gasteiger charge is 2.08. The summed E-state index contributed by atoms with van der Waals surface area (Å²) in [5.41, 5.74) is 2.27. The predicted molar refractivity (Wildman–Crippen MR) is 91.0 cm³/mol. The highest BCUT2D eigenvalue weighted by atomic mass is 16.4. The van der Waals surface area contributed by atoms with Crippen molar-refractivity contribution < 1.29 is 4.42 Å². The molecule has 2 heterocycles. The summed E-state index contributed by atoms with van der Waals surface area (Å²) in [5, 5.41) is 15.0. The maximum atomic E-state index is 12.3. The van der Waals surface area contributed by atoms with Crippen LogP contribution in [-0.2, 0) is 0 Å². The number of aromatic nitrogens is 3. The van der Waals surface area contributed by atoms with Gasteiger partial charge in [-0.2, -0.15) is 0 Å². The van der Waals surface area contributed by atoms with Crippen molar-refractivity contribution in [2.24, 2.45) is 0 Å². The van der Waals surface area contributed by atoms with Crippen molar-refractivity contribution in [1.29, 1.82) is 0 Å². The Bertz CT molecular complexity index is 1050. The monoisotopic (exact) mass is 316 g/mol. The number of nitrogens with zero attached hydrogens (tertiary/aromatic N) is 3. The first-order chi connectivity index (χ1) is 11.8. The number of nitrogens with one attached hydrogen (secondary N) is 1. The molecular weight excluding hydrogens is 304 g/mol. The fraction of sp³-hybridized carbons (Fsp3) is 0. The van der Waals surface area contributed by atoms with Gasteiger partial charge in [-0.15, -0.1) is 10.2 Å². The van der Waals surface area contributed by atoms with Crippen molar-refractivity contribution in [1.82, 2.24) is 15.4 Å². The number of benzene rings is 2. The third kappa shape index (κ3) is 2.72. The normalized spacial score (nSPS) is 10.7. The minimum Gasteiger partial charge on any atom is -0.422 e. The van der Waals surface area contributed by atoms with Crippen molar-refractivity contribution >= 4 is 22.5 Å². The van der Waals surface area contributed by atoms with Gasteiger partial charge in [-0.1, -0.05) is 30.3 Å². The molecule has 2 aromatic carbocycles. The minimum absolute atomic E-state index is 0.366. The molecule has 4 rings (SSSR count). The van der Waals surface area contributed by atoms with Gasteiger partial charge >= 0.3 is 5.63 Å². The molecule has 0 radical (unpaired) electrons. The zero-order valence-electron chi connectivity index (χ0n) is 12.5. The molecule has 6 heteroatoms. The Morgan fingerprint density at radius 1 is 0.958 bits per heavy atom. The highest BCUT2D eigenvalue weighted by molar-refractivity contribution is 5.84. The Kier molecular flexibility index (Phi) is 3.47. The van der Waals surface area contributed by atoms with E-state index in [-0.39, 0.29) is 5.63 Å². The zero-order chi connectivity index (χ0) is 16.4. The lowest BCUT2D eigenvalue weighted by atomic mass is 10.1. The fourth-order valence-electron chi connectivity index (χ4n) is 2.46. The van der Waals surface area contributed by atoms with E-state index in [9.17, 15) is 4.79 Å². The molecule has 0 aliphatic heterocycles. The molecule has 0 saturated carbocycles. The molecule has 0 amide bonds. The third-order valence-electron chi connectivity index (χ3n) is 3.60. The lowest BCUT2D eigenvalue weighted by molar-refractivity contribution is 0.563. The van der Waals surface area contributed by atoms with Crippen LogP contribution in [0, 0.1) is 0 Å². The number of anilines is 2. The minimum atomic E-state index is -0.366. The lowest BCUT2D eigenvalue weighted by Crippen LogP contribution is -2.03. The topological polar surface area (TPSA) is 80.9 Å². The van der Waals surface area contributed by atoms with Crippen LogP contribution in [0.15, 0.2) is 76.1 Å². The lowest BCUT2D eigenvalue weighted by Gasteiger charge is -2.06. The standard InChI is InChI=1S/C18H12N4O2/c23-18-15(12-4-2-1-3-5-12)10-13-6-7-14(11-16(13)24-18)20-17-8-9-19-22-21-17/h1-11H,(H,19,20,21). The number of fused-ring (bicyclic) bond motifs is 1. The zero-order valence-corrected chi connectivity index (χ0v) is 12.5. The molecule has 2 aromatic heterocycles. The molecule has 0 spiro atoms. The van der Waals surface area contributed by atoms with Gasteiger partial charge in [-0.25, -0.2) is 4.79 Å². The Balaban J connectivity index is 1.75. The molecule has 6 nitrogen and oxygen atoms in total. The molecule has 0 aliphatic carbocycles. The molecular formula is C18H12N4O2. The van der Waals surface area contributed by atoms with Crippen molar-refractivity contribution in [2.45, 2.75) is 0 Å². The Morgan fingerprint density at radius 3 is 2.62 bits per heavy atom. The molecule has 1 N–H and O–H groups in total. The molecule has 0 atom stereocenters. The first kappa shape index (κ1) is 14.1. The number of hydrogen-bond donors (Lipinski definition) is 1. The van der Waals surface area contributed by atoms with Crippen LogP contribution in [0.2, 0.25) is 0 Å². The predicted octanol–water partition coefficient (Wildman–Crippen LogP) is 3.39. The molecule has 0 aliphatic rings. The number of rotatable bonds is 3. The van der Waals surface area contributed by atoms with Gasteiger partial charge in [0, 0.05) is 23.2 Å². The van der Waals surface area contributed by atoms with Gasteiger partial charge in [-0.3, -0.25) is 0 Å². The van der Waals surface area contributed by atoms with E-state index in [0.29, 0.717) is 17.0 Å². The van der Waals surface area contributed by atoms with Gasteiger partial charge in [0.1, 0.15) is 5.58 Å². The van der Waals surface area contributed by atoms with Crippen LogP contribution in [0.1, 0.15) is 0 Å². The van der Waals surface area contributed by atoms with Crippen molar-refractivity contribution in [2.75, 3.05) is 5.32 Å². The van der Waals surface area contributed by atoms with Crippen LogP contribution in [0.25, 0.3) is 22.1 Å². The molecule has 24 heavy (non-hydrogen) atoms. The summed E-state index contributed by atoms with van der Waals surface area (Å²) in [4.78, 5) is 12.3. The molecule has 0 bridgehead atoms. The SMILES string of the molecule is O=c1oc2cc(Nc3ccnnn3)ccc2cc1-c1ccccc1. The summed E-state index contributed by atoms with van der Waals surface area (Å²) in [6, 6.07) is 18.5. The molecule has 0 unspecified atom stereocenters. The van der Waals surface area contributed by atoms with E-state index in [1.54, 1.807) is 18.3 Å². The molecule has 4 aromatic rings. The molecule has 116 valence electrons. The average molecular weight is 316 g/mol. The van der Waals surface area contributed by atoms with E-state index >= 15 is 0 Å².